The highest BCUT2D eigenvalue weighted by molar-refractivity contribution is 6.26. The summed E-state index contributed by atoms with van der Waals surface area (Å²) in [6.45, 7) is 3.08. The molecule has 0 radical (unpaired) electrons. The van der Waals surface area contributed by atoms with E-state index >= 15 is 0 Å². The smallest absolute Gasteiger partial charge is 0.240 e. The molecule has 8 nitrogen and oxygen atoms in total. The van der Waals surface area contributed by atoms with Crippen LogP contribution < -0.4 is 9.91 Å². The summed E-state index contributed by atoms with van der Waals surface area (Å²) in [7, 11) is 0. The fraction of sp³-hybridized carbons (Fsp3) is 0.355. The van der Waals surface area contributed by atoms with Gasteiger partial charge in [-0.05, 0) is 44.0 Å². The molecule has 0 spiro atoms. The van der Waals surface area contributed by atoms with E-state index in [1.807, 2.05) is 66.5 Å². The number of hydrogen-bond acceptors (Lipinski definition) is 7. The normalized spacial score (nSPS) is 29.2. The Morgan fingerprint density at radius 2 is 1.74 bits per heavy atom. The molecule has 4 heterocycles. The first kappa shape index (κ1) is 23.9. The molecule has 0 N–H and O–H groups in total. The van der Waals surface area contributed by atoms with Gasteiger partial charge in [-0.25, -0.2) is 4.90 Å². The summed E-state index contributed by atoms with van der Waals surface area (Å²) >= 11 is 0. The zero-order valence-electron chi connectivity index (χ0n) is 21.7. The summed E-state index contributed by atoms with van der Waals surface area (Å²) < 4.78 is 12.7. The van der Waals surface area contributed by atoms with Crippen LogP contribution in [-0.4, -0.2) is 42.1 Å². The van der Waals surface area contributed by atoms with E-state index in [0.29, 0.717) is 43.0 Å². The molecule has 196 valence electrons. The standard InChI is InChI=1S/C31H28N4O4/c1-30-14-15-31(39-30,16-18-38-25-13-17-34(33-25)21-7-3-2-4-8-21)27-26(30)28(36)35(29(27)37)24-12-11-20(19-32)22-9-5-6-10-23(22)24/h2-12,26-27H,13-18H2,1H3/t26-,27+,30-,31-/m1/s1. The molecule has 4 atom stereocenters. The first-order chi connectivity index (χ1) is 18.9. The van der Waals surface area contributed by atoms with E-state index in [-0.39, 0.29) is 11.8 Å². The number of hydrogen-bond donors (Lipinski definition) is 0. The van der Waals surface area contributed by atoms with Crippen LogP contribution in [0.4, 0.5) is 11.4 Å². The predicted molar refractivity (Wildman–Crippen MR) is 146 cm³/mol. The number of anilines is 2. The number of carbonyl (C=O) groups excluding carboxylic acids is 2. The van der Waals surface area contributed by atoms with Crippen LogP contribution >= 0.6 is 0 Å². The number of rotatable bonds is 5. The van der Waals surface area contributed by atoms with Gasteiger partial charge in [0, 0.05) is 23.6 Å². The molecule has 3 aromatic carbocycles. The molecule has 2 amide bonds. The average Bonchev–Trinajstić information content (AvgIpc) is 3.69. The molecule has 7 rings (SSSR count). The maximum atomic E-state index is 14.0. The highest BCUT2D eigenvalue weighted by Crippen LogP contribution is 2.62. The molecule has 2 bridgehead atoms. The fourth-order valence-corrected chi connectivity index (χ4v) is 7.09. The van der Waals surface area contributed by atoms with Gasteiger partial charge in [0.05, 0.1) is 59.2 Å². The van der Waals surface area contributed by atoms with Crippen LogP contribution in [0.3, 0.4) is 0 Å². The fourth-order valence-electron chi connectivity index (χ4n) is 7.09. The van der Waals surface area contributed by atoms with Gasteiger partial charge in [0.15, 0.2) is 0 Å². The number of fused-ring (bicyclic) bond motifs is 6. The number of amides is 2. The van der Waals surface area contributed by atoms with Crippen LogP contribution in [0.5, 0.6) is 0 Å². The minimum absolute atomic E-state index is 0.219. The van der Waals surface area contributed by atoms with E-state index in [9.17, 15) is 14.9 Å². The number of nitrogens with zero attached hydrogens (tertiary/aromatic N) is 4. The van der Waals surface area contributed by atoms with Crippen molar-refractivity contribution in [2.24, 2.45) is 16.9 Å². The molecule has 0 aromatic heterocycles. The maximum absolute atomic E-state index is 14.0. The Labute approximate surface area is 226 Å². The average molecular weight is 521 g/mol. The van der Waals surface area contributed by atoms with E-state index in [1.165, 1.54) is 4.90 Å². The van der Waals surface area contributed by atoms with E-state index in [4.69, 9.17) is 9.47 Å². The molecular weight excluding hydrogens is 492 g/mol. The Morgan fingerprint density at radius 3 is 2.54 bits per heavy atom. The van der Waals surface area contributed by atoms with Crippen LogP contribution in [0.2, 0.25) is 0 Å². The Hall–Kier alpha value is -4.22. The number of imide groups is 1. The topological polar surface area (TPSA) is 95.2 Å². The van der Waals surface area contributed by atoms with Gasteiger partial charge in [0.1, 0.15) is 0 Å². The Morgan fingerprint density at radius 1 is 1.00 bits per heavy atom. The second-order valence-electron chi connectivity index (χ2n) is 11.0. The summed E-state index contributed by atoms with van der Waals surface area (Å²) in [4.78, 5) is 29.3. The van der Waals surface area contributed by atoms with Gasteiger partial charge >= 0.3 is 0 Å². The highest BCUT2D eigenvalue weighted by atomic mass is 16.5. The second-order valence-corrected chi connectivity index (χ2v) is 11.0. The molecular formula is C31H28N4O4. The summed E-state index contributed by atoms with van der Waals surface area (Å²) in [6.07, 6.45) is 2.65. The molecule has 8 heteroatoms. The van der Waals surface area contributed by atoms with Crippen molar-refractivity contribution in [3.05, 3.63) is 72.3 Å². The van der Waals surface area contributed by atoms with Gasteiger partial charge in [-0.2, -0.15) is 5.26 Å². The van der Waals surface area contributed by atoms with Crippen molar-refractivity contribution in [3.8, 4) is 6.07 Å². The van der Waals surface area contributed by atoms with E-state index in [1.54, 1.807) is 12.1 Å². The monoisotopic (exact) mass is 520 g/mol. The van der Waals surface area contributed by atoms with E-state index in [0.717, 1.165) is 29.4 Å². The molecule has 4 aliphatic rings. The van der Waals surface area contributed by atoms with Gasteiger partial charge in [-0.1, -0.05) is 42.5 Å². The lowest BCUT2D eigenvalue weighted by Gasteiger charge is -2.31. The summed E-state index contributed by atoms with van der Waals surface area (Å²) in [6, 6.07) is 23.0. The third-order valence-corrected chi connectivity index (χ3v) is 8.89. The van der Waals surface area contributed by atoms with Crippen LogP contribution in [0.1, 0.15) is 38.2 Å². The molecule has 4 aliphatic heterocycles. The van der Waals surface area contributed by atoms with Crippen molar-refractivity contribution in [1.82, 2.24) is 0 Å². The first-order valence-electron chi connectivity index (χ1n) is 13.5. The molecule has 0 unspecified atom stereocenters. The van der Waals surface area contributed by atoms with E-state index in [2.05, 4.69) is 11.2 Å². The molecule has 3 aromatic rings. The number of benzene rings is 3. The molecule has 0 saturated carbocycles. The maximum Gasteiger partial charge on any atom is 0.240 e. The van der Waals surface area contributed by atoms with Crippen molar-refractivity contribution < 1.29 is 19.1 Å². The molecule has 3 fully saturated rings. The first-order valence-corrected chi connectivity index (χ1v) is 13.5. The minimum atomic E-state index is -0.748. The Bertz CT molecular complexity index is 1580. The summed E-state index contributed by atoms with van der Waals surface area (Å²) in [5, 5.41) is 17.6. The summed E-state index contributed by atoms with van der Waals surface area (Å²) in [5.74, 6) is -0.871. The largest absolute Gasteiger partial charge is 0.480 e. The van der Waals surface area contributed by atoms with Gasteiger partial charge in [-0.15, -0.1) is 5.10 Å². The van der Waals surface area contributed by atoms with E-state index < -0.39 is 23.0 Å². The Balaban J connectivity index is 1.14. The van der Waals surface area contributed by atoms with Crippen molar-refractivity contribution in [3.63, 3.8) is 0 Å². The summed E-state index contributed by atoms with van der Waals surface area (Å²) in [5.41, 5.74) is 0.627. The van der Waals surface area contributed by atoms with Gasteiger partial charge in [0.25, 0.3) is 0 Å². The van der Waals surface area contributed by atoms with Crippen LogP contribution in [0.15, 0.2) is 71.8 Å². The molecule has 39 heavy (non-hydrogen) atoms. The third-order valence-electron chi connectivity index (χ3n) is 8.89. The third kappa shape index (κ3) is 3.50. The van der Waals surface area contributed by atoms with Gasteiger partial charge in [0.2, 0.25) is 17.7 Å². The minimum Gasteiger partial charge on any atom is -0.480 e. The van der Waals surface area contributed by atoms with Crippen LogP contribution in [0, 0.1) is 23.2 Å². The SMILES string of the molecule is C[C@]12CC[C@](CCOC3=NN(c4ccccc4)CC3)(O1)[C@@H]1C(=O)N(c3ccc(C#N)c4ccccc34)C(=O)[C@@H]12. The number of ether oxygens (including phenoxy) is 2. The van der Waals surface area contributed by atoms with Crippen LogP contribution in [-0.2, 0) is 19.1 Å². The lowest BCUT2D eigenvalue weighted by Crippen LogP contribution is -2.43. The van der Waals surface area contributed by atoms with Gasteiger partial charge in [-0.3, -0.25) is 14.6 Å². The van der Waals surface area contributed by atoms with Crippen molar-refractivity contribution in [2.75, 3.05) is 23.1 Å². The number of carbonyl (C=O) groups is 2. The number of hydrazone groups is 1. The zero-order valence-corrected chi connectivity index (χ0v) is 21.7. The lowest BCUT2D eigenvalue weighted by atomic mass is 9.67. The van der Waals surface area contributed by atoms with Crippen molar-refractivity contribution in [1.29, 1.82) is 5.26 Å². The quantitative estimate of drug-likeness (QED) is 0.450. The van der Waals surface area contributed by atoms with Gasteiger partial charge < -0.3 is 9.47 Å². The molecule has 0 aliphatic carbocycles. The van der Waals surface area contributed by atoms with Crippen molar-refractivity contribution >= 4 is 39.9 Å². The van der Waals surface area contributed by atoms with Crippen molar-refractivity contribution in [2.45, 2.75) is 43.8 Å². The molecule has 3 saturated heterocycles. The second kappa shape index (κ2) is 8.65. The highest BCUT2D eigenvalue weighted by Gasteiger charge is 2.73. The number of nitriles is 1. The Kier molecular flexibility index (Phi) is 5.29. The zero-order chi connectivity index (χ0) is 26.8. The lowest BCUT2D eigenvalue weighted by molar-refractivity contribution is -0.131. The predicted octanol–water partition coefficient (Wildman–Crippen LogP) is 4.77. The number of para-hydroxylation sites is 1. The van der Waals surface area contributed by atoms with Crippen LogP contribution in [0.25, 0.3) is 10.8 Å².